The van der Waals surface area contributed by atoms with E-state index in [2.05, 4.69) is 20.3 Å². The zero-order valence-corrected chi connectivity index (χ0v) is 22.1. The van der Waals surface area contributed by atoms with Crippen molar-refractivity contribution < 1.29 is 14.3 Å². The van der Waals surface area contributed by atoms with Crippen molar-refractivity contribution in [2.75, 3.05) is 6.54 Å². The molecule has 2 aromatic heterocycles. The maximum atomic E-state index is 12.9. The molecule has 0 unspecified atom stereocenters. The van der Waals surface area contributed by atoms with Crippen molar-refractivity contribution in [1.82, 2.24) is 24.8 Å². The second-order valence-electron chi connectivity index (χ2n) is 8.71. The molecule has 0 spiro atoms. The van der Waals surface area contributed by atoms with Crippen molar-refractivity contribution in [1.29, 1.82) is 0 Å². The molecular formula is C28H25Cl2N5O3. The van der Waals surface area contributed by atoms with Crippen LogP contribution in [0.4, 0.5) is 0 Å². The molecular weight excluding hydrogens is 525 g/mol. The van der Waals surface area contributed by atoms with Gasteiger partial charge in [0.05, 0.1) is 23.1 Å². The molecule has 3 aromatic carbocycles. The number of aromatic amines is 1. The van der Waals surface area contributed by atoms with E-state index in [4.69, 9.17) is 32.7 Å². The summed E-state index contributed by atoms with van der Waals surface area (Å²) in [5.41, 5.74) is 3.89. The first-order valence-corrected chi connectivity index (χ1v) is 12.7. The summed E-state index contributed by atoms with van der Waals surface area (Å²) < 4.78 is 14.0. The van der Waals surface area contributed by atoms with Gasteiger partial charge >= 0.3 is 0 Å². The Morgan fingerprint density at radius 3 is 2.66 bits per heavy atom. The Bertz CT molecular complexity index is 1550. The standard InChI is InChI=1S/C28H25Cl2N5O3/c1-35-14-21(32-17-35)10-11-31-28(36)18-7-9-25(38-16-27-33-23-4-2-3-5-24(23)34-27)26(12-18)37-15-19-6-8-20(29)13-22(19)30/h2-9,12-14,17H,10-11,15-16H2,1H3,(H,31,36)(H,33,34). The summed E-state index contributed by atoms with van der Waals surface area (Å²) in [6, 6.07) is 18.0. The van der Waals surface area contributed by atoms with Crippen LogP contribution in [0, 0.1) is 0 Å². The van der Waals surface area contributed by atoms with E-state index in [0.717, 1.165) is 22.3 Å². The molecule has 0 fully saturated rings. The van der Waals surface area contributed by atoms with E-state index in [9.17, 15) is 4.79 Å². The highest BCUT2D eigenvalue weighted by molar-refractivity contribution is 6.35. The molecule has 0 atom stereocenters. The van der Waals surface area contributed by atoms with E-state index in [1.54, 1.807) is 42.7 Å². The van der Waals surface area contributed by atoms with Crippen molar-refractivity contribution in [3.8, 4) is 11.5 Å². The van der Waals surface area contributed by atoms with Gasteiger partial charge in [-0.15, -0.1) is 0 Å². The lowest BCUT2D eigenvalue weighted by Crippen LogP contribution is -2.25. The molecule has 2 heterocycles. The second kappa shape index (κ2) is 11.6. The maximum Gasteiger partial charge on any atom is 0.251 e. The highest BCUT2D eigenvalue weighted by Crippen LogP contribution is 2.31. The van der Waals surface area contributed by atoms with Gasteiger partial charge < -0.3 is 24.3 Å². The van der Waals surface area contributed by atoms with Gasteiger partial charge in [-0.2, -0.15) is 0 Å². The number of imidazole rings is 2. The van der Waals surface area contributed by atoms with Gasteiger partial charge in [0.2, 0.25) is 0 Å². The van der Waals surface area contributed by atoms with Crippen LogP contribution in [-0.2, 0) is 26.7 Å². The van der Waals surface area contributed by atoms with Crippen LogP contribution in [-0.4, -0.2) is 32.0 Å². The van der Waals surface area contributed by atoms with Crippen molar-refractivity contribution in [2.24, 2.45) is 7.05 Å². The average Bonchev–Trinajstić information content (AvgIpc) is 3.52. The molecule has 0 bridgehead atoms. The molecule has 194 valence electrons. The summed E-state index contributed by atoms with van der Waals surface area (Å²) in [7, 11) is 1.91. The zero-order chi connectivity index (χ0) is 26.5. The van der Waals surface area contributed by atoms with Gasteiger partial charge in [0.25, 0.3) is 5.91 Å². The average molecular weight is 550 g/mol. The van der Waals surface area contributed by atoms with Crippen LogP contribution < -0.4 is 14.8 Å². The van der Waals surface area contributed by atoms with Crippen LogP contribution in [0.15, 0.2) is 73.2 Å². The molecule has 5 aromatic rings. The largest absolute Gasteiger partial charge is 0.485 e. The predicted molar refractivity (Wildman–Crippen MR) is 147 cm³/mol. The van der Waals surface area contributed by atoms with Gasteiger partial charge in [0.15, 0.2) is 11.5 Å². The fourth-order valence-electron chi connectivity index (χ4n) is 3.90. The first-order chi connectivity index (χ1) is 18.4. The van der Waals surface area contributed by atoms with Crippen LogP contribution in [0.25, 0.3) is 11.0 Å². The Morgan fingerprint density at radius 2 is 1.87 bits per heavy atom. The number of benzene rings is 3. The van der Waals surface area contributed by atoms with Crippen molar-refractivity contribution >= 4 is 40.1 Å². The minimum Gasteiger partial charge on any atom is -0.485 e. The highest BCUT2D eigenvalue weighted by Gasteiger charge is 2.14. The van der Waals surface area contributed by atoms with E-state index in [1.165, 1.54) is 0 Å². The Labute approximate surface area is 229 Å². The number of aryl methyl sites for hydroxylation is 1. The number of nitrogens with one attached hydrogen (secondary N) is 2. The van der Waals surface area contributed by atoms with E-state index >= 15 is 0 Å². The molecule has 10 heteroatoms. The van der Waals surface area contributed by atoms with E-state index in [1.807, 2.05) is 42.1 Å². The minimum absolute atomic E-state index is 0.168. The molecule has 1 amide bonds. The lowest BCUT2D eigenvalue weighted by Gasteiger charge is -2.15. The molecule has 0 aliphatic heterocycles. The SMILES string of the molecule is Cn1cnc(CCNC(=O)c2ccc(OCc3nc4ccccc4[nH]3)c(OCc3ccc(Cl)cc3Cl)c2)c1. The van der Waals surface area contributed by atoms with Crippen molar-refractivity contribution in [3.05, 3.63) is 106 Å². The number of para-hydroxylation sites is 2. The van der Waals surface area contributed by atoms with Crippen molar-refractivity contribution in [3.63, 3.8) is 0 Å². The normalized spacial score (nSPS) is 11.0. The number of halogens is 2. The third-order valence-electron chi connectivity index (χ3n) is 5.83. The lowest BCUT2D eigenvalue weighted by molar-refractivity contribution is 0.0953. The van der Waals surface area contributed by atoms with Gasteiger partial charge in [-0.25, -0.2) is 9.97 Å². The monoisotopic (exact) mass is 549 g/mol. The molecule has 0 aliphatic rings. The van der Waals surface area contributed by atoms with Crippen LogP contribution in [0.1, 0.15) is 27.4 Å². The summed E-state index contributed by atoms with van der Waals surface area (Å²) in [5, 5.41) is 3.96. The summed E-state index contributed by atoms with van der Waals surface area (Å²) in [4.78, 5) is 24.9. The van der Waals surface area contributed by atoms with Gasteiger partial charge in [0, 0.05) is 47.4 Å². The van der Waals surface area contributed by atoms with E-state index in [-0.39, 0.29) is 19.1 Å². The molecule has 5 rings (SSSR count). The molecule has 2 N–H and O–H groups in total. The van der Waals surface area contributed by atoms with Crippen LogP contribution in [0.2, 0.25) is 10.0 Å². The second-order valence-corrected chi connectivity index (χ2v) is 9.56. The summed E-state index contributed by atoms with van der Waals surface area (Å²) in [5.74, 6) is 1.33. The number of amides is 1. The Balaban J connectivity index is 1.31. The highest BCUT2D eigenvalue weighted by atomic mass is 35.5. The third-order valence-corrected chi connectivity index (χ3v) is 6.42. The number of ether oxygens (including phenoxy) is 2. The van der Waals surface area contributed by atoms with Gasteiger partial charge in [-0.3, -0.25) is 4.79 Å². The van der Waals surface area contributed by atoms with Crippen LogP contribution >= 0.6 is 23.2 Å². The quantitative estimate of drug-likeness (QED) is 0.232. The van der Waals surface area contributed by atoms with Gasteiger partial charge in [-0.1, -0.05) is 41.4 Å². The van der Waals surface area contributed by atoms with E-state index in [0.29, 0.717) is 45.9 Å². The van der Waals surface area contributed by atoms with Crippen LogP contribution in [0.3, 0.4) is 0 Å². The maximum absolute atomic E-state index is 12.9. The molecule has 0 saturated heterocycles. The zero-order valence-electron chi connectivity index (χ0n) is 20.6. The third kappa shape index (κ3) is 6.27. The number of aromatic nitrogens is 4. The Morgan fingerprint density at radius 1 is 1.03 bits per heavy atom. The number of carbonyl (C=O) groups is 1. The fourth-order valence-corrected chi connectivity index (χ4v) is 4.36. The van der Waals surface area contributed by atoms with E-state index < -0.39 is 0 Å². The first-order valence-electron chi connectivity index (χ1n) is 12.0. The number of hydrogen-bond donors (Lipinski definition) is 2. The molecule has 0 saturated carbocycles. The summed E-state index contributed by atoms with van der Waals surface area (Å²) in [6.07, 6.45) is 4.29. The number of carbonyl (C=O) groups excluding carboxylic acids is 1. The van der Waals surface area contributed by atoms with Gasteiger partial charge in [-0.05, 0) is 42.5 Å². The summed E-state index contributed by atoms with van der Waals surface area (Å²) >= 11 is 12.3. The molecule has 8 nitrogen and oxygen atoms in total. The Kier molecular flexibility index (Phi) is 7.81. The number of rotatable bonds is 10. The molecule has 0 aliphatic carbocycles. The Hall–Kier alpha value is -4.01. The number of fused-ring (bicyclic) bond motifs is 1. The predicted octanol–water partition coefficient (Wildman–Crippen LogP) is 5.73. The topological polar surface area (TPSA) is 94.1 Å². The summed E-state index contributed by atoms with van der Waals surface area (Å²) in [6.45, 7) is 0.820. The minimum atomic E-state index is -0.223. The number of nitrogens with zero attached hydrogens (tertiary/aromatic N) is 3. The lowest BCUT2D eigenvalue weighted by atomic mass is 10.1. The fraction of sp³-hybridized carbons (Fsp3) is 0.179. The van der Waals surface area contributed by atoms with Crippen LogP contribution in [0.5, 0.6) is 11.5 Å². The smallest absolute Gasteiger partial charge is 0.251 e. The molecule has 38 heavy (non-hydrogen) atoms. The molecule has 0 radical (unpaired) electrons. The van der Waals surface area contributed by atoms with Crippen molar-refractivity contribution in [2.45, 2.75) is 19.6 Å². The number of hydrogen-bond acceptors (Lipinski definition) is 5. The first kappa shape index (κ1) is 25.6. The van der Waals surface area contributed by atoms with Gasteiger partial charge in [0.1, 0.15) is 19.0 Å². The number of H-pyrrole nitrogens is 1.